The van der Waals surface area contributed by atoms with Crippen LogP contribution in [0.3, 0.4) is 0 Å². The Hall–Kier alpha value is -3.84. The van der Waals surface area contributed by atoms with Crippen LogP contribution in [-0.2, 0) is 33.0 Å². The zero-order valence-electron chi connectivity index (χ0n) is 25.7. The fourth-order valence-electron chi connectivity index (χ4n) is 7.00. The molecule has 1 saturated carbocycles. The van der Waals surface area contributed by atoms with Crippen molar-refractivity contribution < 1.29 is 28.6 Å². The van der Waals surface area contributed by atoms with Crippen LogP contribution >= 0.6 is 0 Å². The van der Waals surface area contributed by atoms with Gasteiger partial charge in [0.15, 0.2) is 5.69 Å². The van der Waals surface area contributed by atoms with Crippen molar-refractivity contribution in [3.63, 3.8) is 0 Å². The van der Waals surface area contributed by atoms with E-state index in [1.807, 2.05) is 0 Å². The number of nitrogens with zero attached hydrogens (tertiary/aromatic N) is 4. The molecule has 3 amide bonds. The van der Waals surface area contributed by atoms with Gasteiger partial charge < -0.3 is 25.4 Å². The van der Waals surface area contributed by atoms with E-state index < -0.39 is 40.3 Å². The van der Waals surface area contributed by atoms with Crippen molar-refractivity contribution in [2.24, 2.45) is 5.41 Å². The van der Waals surface area contributed by atoms with Gasteiger partial charge in [0.25, 0.3) is 11.5 Å². The molecule has 12 nitrogen and oxygen atoms in total. The van der Waals surface area contributed by atoms with E-state index in [-0.39, 0.29) is 36.2 Å². The molecule has 13 heteroatoms. The number of carbonyl (C=O) groups excluding carboxylic acids is 3. The van der Waals surface area contributed by atoms with E-state index in [2.05, 4.69) is 20.5 Å². The molecule has 1 aromatic heterocycles. The number of nitrogens with one attached hydrogen (secondary N) is 2. The number of amides is 3. The molecule has 3 N–H and O–H groups in total. The number of methoxy groups -OCH3 is 1. The predicted octanol–water partition coefficient (Wildman–Crippen LogP) is 1.41. The number of fused-ring (bicyclic) bond motifs is 2. The van der Waals surface area contributed by atoms with E-state index >= 15 is 0 Å². The maximum atomic E-state index is 13.8. The van der Waals surface area contributed by atoms with Crippen LogP contribution in [0.2, 0.25) is 0 Å². The molecule has 44 heavy (non-hydrogen) atoms. The minimum absolute atomic E-state index is 0.0142. The van der Waals surface area contributed by atoms with Gasteiger partial charge in [0.2, 0.25) is 5.75 Å². The quantitative estimate of drug-likeness (QED) is 0.380. The van der Waals surface area contributed by atoms with Gasteiger partial charge in [-0.25, -0.2) is 9.37 Å². The number of halogens is 1. The number of aryl methyl sites for hydroxylation is 1. The predicted molar refractivity (Wildman–Crippen MR) is 158 cm³/mol. The molecule has 6 rings (SSSR count). The van der Waals surface area contributed by atoms with Gasteiger partial charge in [-0.3, -0.25) is 28.6 Å². The lowest BCUT2D eigenvalue weighted by Crippen LogP contribution is -2.54. The van der Waals surface area contributed by atoms with Gasteiger partial charge in [-0.2, -0.15) is 0 Å². The molecule has 1 saturated heterocycles. The zero-order chi connectivity index (χ0) is 31.8. The van der Waals surface area contributed by atoms with E-state index in [0.29, 0.717) is 50.0 Å². The fourth-order valence-corrected chi connectivity index (χ4v) is 7.00. The monoisotopic (exact) mass is 612 g/mol. The summed E-state index contributed by atoms with van der Waals surface area (Å²) in [4.78, 5) is 61.0. The fraction of sp³-hybridized carbons (Fsp3) is 0.581. The van der Waals surface area contributed by atoms with E-state index in [1.54, 1.807) is 20.1 Å². The van der Waals surface area contributed by atoms with Crippen LogP contribution < -0.4 is 16.2 Å². The second kappa shape index (κ2) is 12.3. The van der Waals surface area contributed by atoms with Gasteiger partial charge in [-0.05, 0) is 69.2 Å². The number of ether oxygens (including phenoxy) is 1. The van der Waals surface area contributed by atoms with Crippen LogP contribution in [0, 0.1) is 18.2 Å². The Morgan fingerprint density at radius 1 is 1.20 bits per heavy atom. The van der Waals surface area contributed by atoms with Gasteiger partial charge in [0.1, 0.15) is 11.6 Å². The largest absolute Gasteiger partial charge is 0.501 e. The molecule has 0 radical (unpaired) electrons. The van der Waals surface area contributed by atoms with Crippen molar-refractivity contribution in [1.29, 1.82) is 0 Å². The Kier molecular flexibility index (Phi) is 8.81. The smallest absolute Gasteiger partial charge is 0.311 e. The van der Waals surface area contributed by atoms with Gasteiger partial charge >= 0.3 is 11.8 Å². The summed E-state index contributed by atoms with van der Waals surface area (Å²) in [6, 6.07) is 4.69. The van der Waals surface area contributed by atoms with E-state index in [9.17, 15) is 28.7 Å². The maximum Gasteiger partial charge on any atom is 0.311 e. The Bertz CT molecular complexity index is 1520. The molecule has 0 unspecified atom stereocenters. The number of hydrogen-bond acceptors (Lipinski definition) is 8. The maximum absolute atomic E-state index is 13.8. The van der Waals surface area contributed by atoms with Crippen molar-refractivity contribution in [3.8, 4) is 5.75 Å². The summed E-state index contributed by atoms with van der Waals surface area (Å²) in [6.45, 7) is 4.09. The first-order chi connectivity index (χ1) is 20.9. The molecule has 4 heterocycles. The third-order valence-electron chi connectivity index (χ3n) is 9.47. The minimum atomic E-state index is -1.20. The Balaban J connectivity index is 1.52. The average molecular weight is 613 g/mol. The third kappa shape index (κ3) is 5.94. The van der Waals surface area contributed by atoms with Gasteiger partial charge in [0, 0.05) is 52.3 Å². The number of carbonyl (C=O) groups is 3. The summed E-state index contributed by atoms with van der Waals surface area (Å²) in [5.74, 6) is -3.39. The van der Waals surface area contributed by atoms with Crippen LogP contribution in [0.15, 0.2) is 23.0 Å². The number of aromatic nitrogens is 2. The molecule has 0 spiro atoms. The third-order valence-corrected chi connectivity index (χ3v) is 9.47. The second-order valence-electron chi connectivity index (χ2n) is 12.7. The summed E-state index contributed by atoms with van der Waals surface area (Å²) >= 11 is 0. The van der Waals surface area contributed by atoms with Crippen LogP contribution in [0.5, 0.6) is 5.75 Å². The van der Waals surface area contributed by atoms with Crippen molar-refractivity contribution in [1.82, 2.24) is 30.0 Å². The molecule has 2 bridgehead atoms. The van der Waals surface area contributed by atoms with Crippen LogP contribution in [0.1, 0.15) is 66.0 Å². The van der Waals surface area contributed by atoms with Gasteiger partial charge in [-0.15, -0.1) is 0 Å². The molecule has 2 aromatic rings. The highest BCUT2D eigenvalue weighted by molar-refractivity contribution is 6.35. The van der Waals surface area contributed by atoms with E-state index in [1.165, 1.54) is 35.7 Å². The molecule has 3 aliphatic heterocycles. The summed E-state index contributed by atoms with van der Waals surface area (Å²) < 4.78 is 20.6. The summed E-state index contributed by atoms with van der Waals surface area (Å²) in [5.41, 5.74) is -1.76. The Labute approximate surface area is 255 Å². The molecular formula is C31H41FN6O6. The lowest BCUT2D eigenvalue weighted by molar-refractivity contribution is -0.145. The molecule has 1 aliphatic carbocycles. The highest BCUT2D eigenvalue weighted by Gasteiger charge is 2.53. The molecule has 1 aromatic carbocycles. The van der Waals surface area contributed by atoms with E-state index in [4.69, 9.17) is 4.74 Å². The lowest BCUT2D eigenvalue weighted by atomic mass is 9.68. The zero-order valence-corrected chi connectivity index (χ0v) is 25.7. The summed E-state index contributed by atoms with van der Waals surface area (Å²) in [7, 11) is 4.64. The Morgan fingerprint density at radius 2 is 1.93 bits per heavy atom. The van der Waals surface area contributed by atoms with Gasteiger partial charge in [-0.1, -0.05) is 12.1 Å². The molecule has 4 aliphatic rings. The number of hydrogen-bond donors (Lipinski definition) is 3. The van der Waals surface area contributed by atoms with Crippen molar-refractivity contribution >= 4 is 17.7 Å². The summed E-state index contributed by atoms with van der Waals surface area (Å²) in [6.07, 6.45) is 4.13. The van der Waals surface area contributed by atoms with Crippen molar-refractivity contribution in [2.45, 2.75) is 70.1 Å². The minimum Gasteiger partial charge on any atom is -0.501 e. The second-order valence-corrected chi connectivity index (χ2v) is 12.7. The standard InChI is InChI=1S/C31H41FN6O6/c1-19-14-20(7-8-22(19)32)15-33-25(40)23-24(39)27(42)38-18-30(17-37-13-5-6-21(37)16-44-4)9-11-31(12-10-30,29(38)34-23)35-26(41)28(43)36(2)3/h7-8,14,21,39H,5-6,9-13,15-18H2,1-4H3,(H,33,40)(H,35,41)/t21-,30?,31?/m1/s1. The SMILES string of the molecule is COC[C@H]1CCCN1CC12CCC(NC(=O)C(=O)N(C)C)(CC1)c1nc(C(=O)NCc3ccc(F)c(C)c3)c(O)c(=O)n1C2. The van der Waals surface area contributed by atoms with Crippen LogP contribution in [-0.4, -0.2) is 89.1 Å². The average Bonchev–Trinajstić information content (AvgIpc) is 3.32. The number of likely N-dealkylation sites (tertiary alicyclic amines) is 1. The first-order valence-electron chi connectivity index (χ1n) is 15.0. The highest BCUT2D eigenvalue weighted by Crippen LogP contribution is 2.50. The molecular weight excluding hydrogens is 571 g/mol. The van der Waals surface area contributed by atoms with Crippen molar-refractivity contribution in [2.75, 3.05) is 40.9 Å². The van der Waals surface area contributed by atoms with Crippen LogP contribution in [0.25, 0.3) is 0 Å². The molecule has 2 fully saturated rings. The number of likely N-dealkylation sites (N-methyl/N-ethyl adjacent to an activating group) is 1. The van der Waals surface area contributed by atoms with Crippen LogP contribution in [0.4, 0.5) is 4.39 Å². The summed E-state index contributed by atoms with van der Waals surface area (Å²) in [5, 5.41) is 16.6. The topological polar surface area (TPSA) is 146 Å². The van der Waals surface area contributed by atoms with E-state index in [0.717, 1.165) is 19.4 Å². The number of aromatic hydroxyl groups is 1. The lowest BCUT2D eigenvalue weighted by Gasteiger charge is -2.44. The van der Waals surface area contributed by atoms with Crippen molar-refractivity contribution in [3.05, 3.63) is 57.0 Å². The Morgan fingerprint density at radius 3 is 2.59 bits per heavy atom. The number of benzene rings is 1. The molecule has 1 atom stereocenters. The first kappa shape index (κ1) is 31.6. The molecule has 238 valence electrons. The number of rotatable bonds is 8. The first-order valence-corrected chi connectivity index (χ1v) is 15.0. The van der Waals surface area contributed by atoms with Gasteiger partial charge in [0.05, 0.1) is 12.1 Å². The highest BCUT2D eigenvalue weighted by atomic mass is 19.1. The normalized spacial score (nSPS) is 24.4.